The van der Waals surface area contributed by atoms with Gasteiger partial charge in [0, 0.05) is 30.1 Å². The van der Waals surface area contributed by atoms with Gasteiger partial charge in [-0.15, -0.1) is 0 Å². The maximum atomic E-state index is 13.4. The number of carbonyl (C=O) groups excluding carboxylic acids is 3. The van der Waals surface area contributed by atoms with Crippen molar-refractivity contribution in [3.8, 4) is 0 Å². The van der Waals surface area contributed by atoms with Crippen molar-refractivity contribution >= 4 is 34.6 Å². The van der Waals surface area contributed by atoms with Crippen molar-refractivity contribution in [2.45, 2.75) is 50.4 Å². The Bertz CT molecular complexity index is 1040. The molecule has 3 amide bonds. The Morgan fingerprint density at radius 2 is 1.97 bits per heavy atom. The van der Waals surface area contributed by atoms with Crippen LogP contribution in [0, 0.1) is 0 Å². The minimum absolute atomic E-state index is 0.185. The Morgan fingerprint density at radius 1 is 1.24 bits per heavy atom. The number of aliphatic carboxylic acids is 1. The Hall–Kier alpha value is -3.44. The van der Waals surface area contributed by atoms with Gasteiger partial charge in [0.05, 0.1) is 12.6 Å². The van der Waals surface area contributed by atoms with E-state index in [0.717, 1.165) is 16.5 Å². The molecule has 4 atom stereocenters. The lowest BCUT2D eigenvalue weighted by Gasteiger charge is -2.29. The van der Waals surface area contributed by atoms with E-state index in [-0.39, 0.29) is 19.5 Å². The second kappa shape index (κ2) is 10.5. The number of nitrogens with two attached hydrogens (primary N) is 1. The number of carboxylic acids is 1. The first-order valence-electron chi connectivity index (χ1n) is 10.8. The quantitative estimate of drug-likeness (QED) is 0.281. The van der Waals surface area contributed by atoms with Crippen LogP contribution in [0.5, 0.6) is 0 Å². The smallest absolute Gasteiger partial charge is 0.328 e. The van der Waals surface area contributed by atoms with Gasteiger partial charge in [-0.05, 0) is 31.4 Å². The van der Waals surface area contributed by atoms with E-state index < -0.39 is 47.9 Å². The lowest BCUT2D eigenvalue weighted by molar-refractivity contribution is -0.147. The molecular formula is C22H29N5O6. The maximum absolute atomic E-state index is 13.4. The first-order chi connectivity index (χ1) is 15.7. The first kappa shape index (κ1) is 24.2. The van der Waals surface area contributed by atoms with Gasteiger partial charge in [0.15, 0.2) is 6.04 Å². The average molecular weight is 460 g/mol. The zero-order valence-electron chi connectivity index (χ0n) is 18.3. The number of aromatic amines is 1. The van der Waals surface area contributed by atoms with E-state index in [4.69, 9.17) is 5.73 Å². The molecule has 11 heteroatoms. The van der Waals surface area contributed by atoms with Crippen molar-refractivity contribution in [2.24, 2.45) is 5.73 Å². The summed E-state index contributed by atoms with van der Waals surface area (Å²) in [5, 5.41) is 24.8. The van der Waals surface area contributed by atoms with Crippen LogP contribution < -0.4 is 16.4 Å². The zero-order valence-corrected chi connectivity index (χ0v) is 18.3. The highest BCUT2D eigenvalue weighted by Gasteiger charge is 2.39. The molecule has 4 unspecified atom stereocenters. The third-order valence-electron chi connectivity index (χ3n) is 5.80. The summed E-state index contributed by atoms with van der Waals surface area (Å²) < 4.78 is 0. The number of amides is 3. The topological polar surface area (TPSA) is 178 Å². The fraction of sp³-hybridized carbons (Fsp3) is 0.455. The van der Waals surface area contributed by atoms with Crippen LogP contribution in [-0.2, 0) is 25.6 Å². The minimum Gasteiger partial charge on any atom is -0.480 e. The van der Waals surface area contributed by atoms with E-state index in [1.165, 1.54) is 11.8 Å². The van der Waals surface area contributed by atoms with E-state index in [9.17, 15) is 29.4 Å². The molecule has 1 fully saturated rings. The number of benzene rings is 1. The van der Waals surface area contributed by atoms with Gasteiger partial charge < -0.3 is 36.5 Å². The van der Waals surface area contributed by atoms with Crippen LogP contribution in [0.15, 0.2) is 30.5 Å². The highest BCUT2D eigenvalue weighted by Crippen LogP contribution is 2.23. The zero-order chi connectivity index (χ0) is 24.1. The van der Waals surface area contributed by atoms with Crippen molar-refractivity contribution in [3.63, 3.8) is 0 Å². The molecule has 1 saturated heterocycles. The molecule has 33 heavy (non-hydrogen) atoms. The SMILES string of the molecule is CC(O)C(NC(=O)C1CCCN1C(=O)C(Cc1c[nH]c2ccccc12)NC(=O)CN)C(=O)O. The lowest BCUT2D eigenvalue weighted by atomic mass is 10.0. The van der Waals surface area contributed by atoms with Crippen molar-refractivity contribution in [2.75, 3.05) is 13.1 Å². The Labute approximate surface area is 190 Å². The van der Waals surface area contributed by atoms with Crippen LogP contribution >= 0.6 is 0 Å². The van der Waals surface area contributed by atoms with Crippen LogP contribution in [0.1, 0.15) is 25.3 Å². The molecule has 3 rings (SSSR count). The van der Waals surface area contributed by atoms with Crippen molar-refractivity contribution in [1.82, 2.24) is 20.5 Å². The molecule has 0 radical (unpaired) electrons. The standard InChI is InChI=1S/C22H29N5O6/c1-12(28)19(22(32)33)26-20(30)17-7-4-8-27(17)21(31)16(25-18(29)10-23)9-13-11-24-15-6-3-2-5-14(13)15/h2-3,5-6,11-12,16-17,19,24,28H,4,7-10,23H2,1H3,(H,25,29)(H,26,30)(H,32,33). The van der Waals surface area contributed by atoms with Gasteiger partial charge in [-0.3, -0.25) is 14.4 Å². The molecule has 0 aliphatic carbocycles. The number of carboxylic acid groups (broad SMARTS) is 1. The molecule has 1 aromatic heterocycles. The number of rotatable bonds is 9. The van der Waals surface area contributed by atoms with Crippen molar-refractivity contribution in [3.05, 3.63) is 36.0 Å². The van der Waals surface area contributed by atoms with Gasteiger partial charge in [-0.25, -0.2) is 4.79 Å². The molecule has 1 aliphatic heterocycles. The number of hydrogen-bond acceptors (Lipinski definition) is 6. The molecule has 7 N–H and O–H groups in total. The summed E-state index contributed by atoms with van der Waals surface area (Å²) in [5.41, 5.74) is 7.15. The summed E-state index contributed by atoms with van der Waals surface area (Å²) in [6.45, 7) is 1.25. The number of aliphatic hydroxyl groups excluding tert-OH is 1. The van der Waals surface area contributed by atoms with E-state index in [0.29, 0.717) is 12.8 Å². The first-order valence-corrected chi connectivity index (χ1v) is 10.8. The van der Waals surface area contributed by atoms with Gasteiger partial charge in [0.25, 0.3) is 0 Å². The van der Waals surface area contributed by atoms with Crippen LogP contribution in [0.4, 0.5) is 0 Å². The monoisotopic (exact) mass is 459 g/mol. The molecule has 1 aromatic carbocycles. The van der Waals surface area contributed by atoms with Crippen LogP contribution in [-0.4, -0.2) is 81.1 Å². The minimum atomic E-state index is -1.49. The number of likely N-dealkylation sites (tertiary alicyclic amines) is 1. The third-order valence-corrected chi connectivity index (χ3v) is 5.80. The number of aromatic nitrogens is 1. The van der Waals surface area contributed by atoms with Gasteiger partial charge in [-0.1, -0.05) is 18.2 Å². The second-order valence-corrected chi connectivity index (χ2v) is 8.14. The number of carbonyl (C=O) groups is 4. The largest absolute Gasteiger partial charge is 0.480 e. The number of H-pyrrole nitrogens is 1. The Morgan fingerprint density at radius 3 is 2.64 bits per heavy atom. The number of aliphatic hydroxyl groups is 1. The predicted molar refractivity (Wildman–Crippen MR) is 119 cm³/mol. The van der Waals surface area contributed by atoms with Crippen LogP contribution in [0.2, 0.25) is 0 Å². The van der Waals surface area contributed by atoms with E-state index >= 15 is 0 Å². The molecule has 1 aliphatic rings. The molecule has 0 spiro atoms. The van der Waals surface area contributed by atoms with E-state index in [1.54, 1.807) is 6.20 Å². The van der Waals surface area contributed by atoms with E-state index in [2.05, 4.69) is 15.6 Å². The molecule has 178 valence electrons. The third kappa shape index (κ3) is 5.49. The highest BCUT2D eigenvalue weighted by molar-refractivity contribution is 5.95. The molecule has 11 nitrogen and oxygen atoms in total. The van der Waals surface area contributed by atoms with E-state index in [1.807, 2.05) is 24.3 Å². The fourth-order valence-corrected chi connectivity index (χ4v) is 4.12. The molecular weight excluding hydrogens is 430 g/mol. The van der Waals surface area contributed by atoms with Gasteiger partial charge in [0.2, 0.25) is 17.7 Å². The summed E-state index contributed by atoms with van der Waals surface area (Å²) in [6, 6.07) is 4.20. The normalized spacial score (nSPS) is 18.5. The molecule has 0 bridgehead atoms. The van der Waals surface area contributed by atoms with Crippen molar-refractivity contribution < 1.29 is 29.4 Å². The Kier molecular flexibility index (Phi) is 7.67. The van der Waals surface area contributed by atoms with Crippen LogP contribution in [0.25, 0.3) is 10.9 Å². The Balaban J connectivity index is 1.81. The molecule has 2 heterocycles. The number of para-hydroxylation sites is 1. The molecule has 0 saturated carbocycles. The number of fused-ring (bicyclic) bond motifs is 1. The van der Waals surface area contributed by atoms with Gasteiger partial charge in [-0.2, -0.15) is 0 Å². The maximum Gasteiger partial charge on any atom is 0.328 e. The van der Waals surface area contributed by atoms with Crippen molar-refractivity contribution in [1.29, 1.82) is 0 Å². The molecule has 2 aromatic rings. The van der Waals surface area contributed by atoms with Gasteiger partial charge in [0.1, 0.15) is 12.1 Å². The number of nitrogens with one attached hydrogen (secondary N) is 3. The summed E-state index contributed by atoms with van der Waals surface area (Å²) in [6.07, 6.45) is 1.53. The summed E-state index contributed by atoms with van der Waals surface area (Å²) >= 11 is 0. The highest BCUT2D eigenvalue weighted by atomic mass is 16.4. The number of nitrogens with zero attached hydrogens (tertiary/aromatic N) is 1. The summed E-state index contributed by atoms with van der Waals surface area (Å²) in [7, 11) is 0. The average Bonchev–Trinajstić information content (AvgIpc) is 3.43. The predicted octanol–water partition coefficient (Wildman–Crippen LogP) is -0.905. The number of hydrogen-bond donors (Lipinski definition) is 6. The second-order valence-electron chi connectivity index (χ2n) is 8.14. The lowest BCUT2D eigenvalue weighted by Crippen LogP contribution is -2.57. The summed E-state index contributed by atoms with van der Waals surface area (Å²) in [4.78, 5) is 54.1. The van der Waals surface area contributed by atoms with Gasteiger partial charge >= 0.3 is 5.97 Å². The van der Waals surface area contributed by atoms with Crippen LogP contribution in [0.3, 0.4) is 0 Å². The summed E-state index contributed by atoms with van der Waals surface area (Å²) in [5.74, 6) is -3.00. The fourth-order valence-electron chi connectivity index (χ4n) is 4.12.